The predicted molar refractivity (Wildman–Crippen MR) is 70.5 cm³/mol. The van der Waals surface area contributed by atoms with E-state index in [4.69, 9.17) is 22.0 Å². The summed E-state index contributed by atoms with van der Waals surface area (Å²) in [7, 11) is 0. The van der Waals surface area contributed by atoms with Crippen LogP contribution in [0.2, 0.25) is 0 Å². The molecule has 2 aromatic heterocycles. The summed E-state index contributed by atoms with van der Waals surface area (Å²) in [5, 5.41) is 29.4. The number of imidazole rings is 1. The molecule has 2 aromatic rings. The number of hydrogen-bond acceptors (Lipinski definition) is 8. The summed E-state index contributed by atoms with van der Waals surface area (Å²) in [4.78, 5) is 10.6. The van der Waals surface area contributed by atoms with Crippen LogP contribution in [0.25, 0.3) is 11.2 Å². The van der Waals surface area contributed by atoms with Crippen LogP contribution in [-0.4, -0.2) is 59.0 Å². The first kappa shape index (κ1) is 15.5. The quantitative estimate of drug-likeness (QED) is 0.384. The molecule has 0 unspecified atom stereocenters. The van der Waals surface area contributed by atoms with Gasteiger partial charge in [0.25, 0.3) is 5.85 Å². The van der Waals surface area contributed by atoms with Gasteiger partial charge in [-0.25, -0.2) is 9.37 Å². The van der Waals surface area contributed by atoms with Gasteiger partial charge in [-0.05, 0) is 0 Å². The normalized spacial score (nSPS) is 33.9. The van der Waals surface area contributed by atoms with Gasteiger partial charge in [0.1, 0.15) is 6.61 Å². The molecule has 23 heavy (non-hydrogen) atoms. The number of nitrogens with two attached hydrogens (primary N) is 1. The Labute approximate surface area is 127 Å². The third-order valence-corrected chi connectivity index (χ3v) is 3.63. The second kappa shape index (κ2) is 4.80. The van der Waals surface area contributed by atoms with Crippen molar-refractivity contribution in [3.05, 3.63) is 12.4 Å². The molecule has 9 nitrogen and oxygen atoms in total. The number of halogens is 2. The van der Waals surface area contributed by atoms with Crippen LogP contribution in [0.5, 0.6) is 0 Å². The summed E-state index contributed by atoms with van der Waals surface area (Å²) in [6.45, 7) is -1.27. The predicted octanol–water partition coefficient (Wildman–Crippen LogP) is -1.54. The minimum atomic E-state index is -3.03. The van der Waals surface area contributed by atoms with Crippen molar-refractivity contribution in [2.75, 3.05) is 12.3 Å². The minimum absolute atomic E-state index is 0.0378. The van der Waals surface area contributed by atoms with E-state index < -0.39 is 36.5 Å². The molecule has 1 aliphatic rings. The standard InChI is InChI=1S/C12H11F2N5O4/c1-2-11(22)8(21)12(14,3-20)23-9(11)19-4-16-5-6(15)17-10(13)18-7(5)19/h1,4,8-9,20-22H,3H2,(H2,15,17,18)/t8-,9+,11+,12+/m0/s1. The van der Waals surface area contributed by atoms with Gasteiger partial charge in [-0.3, -0.25) is 4.57 Å². The Bertz CT molecular complexity index is 824. The van der Waals surface area contributed by atoms with Crippen molar-refractivity contribution in [3.8, 4) is 12.3 Å². The smallest absolute Gasteiger partial charge is 0.312 e. The zero-order valence-electron chi connectivity index (χ0n) is 11.4. The average molecular weight is 327 g/mol. The number of nitrogen functional groups attached to an aromatic ring is 1. The summed E-state index contributed by atoms with van der Waals surface area (Å²) in [6, 6.07) is 0. The Morgan fingerprint density at radius 3 is 2.83 bits per heavy atom. The number of rotatable bonds is 2. The summed E-state index contributed by atoms with van der Waals surface area (Å²) in [5.41, 5.74) is 2.66. The van der Waals surface area contributed by atoms with Crippen molar-refractivity contribution in [1.82, 2.24) is 19.5 Å². The molecule has 0 radical (unpaired) electrons. The van der Waals surface area contributed by atoms with Crippen LogP contribution in [0.1, 0.15) is 6.23 Å². The molecule has 1 aliphatic heterocycles. The highest BCUT2D eigenvalue weighted by atomic mass is 19.2. The third-order valence-electron chi connectivity index (χ3n) is 3.63. The van der Waals surface area contributed by atoms with Crippen LogP contribution >= 0.6 is 0 Å². The molecule has 0 aromatic carbocycles. The molecule has 4 atom stereocenters. The highest BCUT2D eigenvalue weighted by Gasteiger charge is 2.64. The van der Waals surface area contributed by atoms with Crippen molar-refractivity contribution in [3.63, 3.8) is 0 Å². The van der Waals surface area contributed by atoms with Gasteiger partial charge in [0, 0.05) is 0 Å². The maximum absolute atomic E-state index is 14.4. The fraction of sp³-hybridized carbons (Fsp3) is 0.417. The summed E-state index contributed by atoms with van der Waals surface area (Å²) < 4.78 is 33.5. The Kier molecular flexibility index (Phi) is 3.24. The Morgan fingerprint density at radius 2 is 2.22 bits per heavy atom. The summed E-state index contributed by atoms with van der Waals surface area (Å²) in [5.74, 6) is -1.49. The topological polar surface area (TPSA) is 140 Å². The molecule has 3 rings (SSSR count). The van der Waals surface area contributed by atoms with E-state index in [1.165, 1.54) is 0 Å². The van der Waals surface area contributed by atoms with Crippen LogP contribution < -0.4 is 5.73 Å². The van der Waals surface area contributed by atoms with Crippen LogP contribution in [0, 0.1) is 18.4 Å². The summed E-state index contributed by atoms with van der Waals surface area (Å²) in [6.07, 6.45) is 1.00. The summed E-state index contributed by atoms with van der Waals surface area (Å²) >= 11 is 0. The molecule has 5 N–H and O–H groups in total. The zero-order valence-corrected chi connectivity index (χ0v) is 11.4. The number of fused-ring (bicyclic) bond motifs is 1. The first-order valence-electron chi connectivity index (χ1n) is 6.28. The van der Waals surface area contributed by atoms with Gasteiger partial charge in [-0.1, -0.05) is 5.92 Å². The number of nitrogens with zero attached hydrogens (tertiary/aromatic N) is 4. The molecule has 0 saturated carbocycles. The molecule has 1 fully saturated rings. The van der Waals surface area contributed by atoms with E-state index in [0.717, 1.165) is 10.9 Å². The van der Waals surface area contributed by atoms with Gasteiger partial charge >= 0.3 is 6.08 Å². The molecule has 0 bridgehead atoms. The lowest BCUT2D eigenvalue weighted by atomic mass is 9.94. The number of aliphatic hydroxyl groups is 3. The number of hydrogen-bond donors (Lipinski definition) is 4. The Balaban J connectivity index is 2.20. The maximum atomic E-state index is 14.4. The van der Waals surface area contributed by atoms with Gasteiger partial charge in [-0.2, -0.15) is 14.4 Å². The van der Waals surface area contributed by atoms with Crippen molar-refractivity contribution in [1.29, 1.82) is 0 Å². The highest BCUT2D eigenvalue weighted by Crippen LogP contribution is 2.45. The number of ether oxygens (including phenoxy) is 1. The van der Waals surface area contributed by atoms with Crippen molar-refractivity contribution >= 4 is 17.0 Å². The highest BCUT2D eigenvalue weighted by molar-refractivity contribution is 5.81. The van der Waals surface area contributed by atoms with E-state index in [-0.39, 0.29) is 17.0 Å². The van der Waals surface area contributed by atoms with Gasteiger partial charge < -0.3 is 25.8 Å². The zero-order chi connectivity index (χ0) is 17.0. The lowest BCUT2D eigenvalue weighted by Crippen LogP contribution is -2.49. The Hall–Kier alpha value is -2.39. The van der Waals surface area contributed by atoms with Crippen LogP contribution in [-0.2, 0) is 4.74 Å². The second-order valence-corrected chi connectivity index (χ2v) is 4.99. The lowest BCUT2D eigenvalue weighted by molar-refractivity contribution is -0.206. The van der Waals surface area contributed by atoms with E-state index >= 15 is 0 Å². The molecule has 0 aliphatic carbocycles. The van der Waals surface area contributed by atoms with E-state index in [0.29, 0.717) is 0 Å². The molecule has 122 valence electrons. The Morgan fingerprint density at radius 1 is 1.52 bits per heavy atom. The first-order valence-corrected chi connectivity index (χ1v) is 6.28. The van der Waals surface area contributed by atoms with Crippen LogP contribution in [0.3, 0.4) is 0 Å². The molecule has 0 spiro atoms. The molecule has 0 amide bonds. The minimum Gasteiger partial charge on any atom is -0.390 e. The van der Waals surface area contributed by atoms with Crippen molar-refractivity contribution < 1.29 is 28.8 Å². The van der Waals surface area contributed by atoms with E-state index in [1.807, 2.05) is 5.92 Å². The largest absolute Gasteiger partial charge is 0.390 e. The van der Waals surface area contributed by atoms with Crippen LogP contribution in [0.4, 0.5) is 14.6 Å². The first-order chi connectivity index (χ1) is 10.8. The molecular formula is C12H11F2N5O4. The number of anilines is 1. The van der Waals surface area contributed by atoms with E-state index in [2.05, 4.69) is 15.0 Å². The lowest BCUT2D eigenvalue weighted by Gasteiger charge is -2.26. The number of aliphatic hydroxyl groups excluding tert-OH is 2. The number of terminal acetylenes is 1. The fourth-order valence-corrected chi connectivity index (χ4v) is 2.43. The van der Waals surface area contributed by atoms with Crippen LogP contribution in [0.15, 0.2) is 6.33 Å². The van der Waals surface area contributed by atoms with E-state index in [9.17, 15) is 19.0 Å². The number of aromatic nitrogens is 4. The maximum Gasteiger partial charge on any atom is 0.312 e. The average Bonchev–Trinajstić information content (AvgIpc) is 3.01. The molecular weight excluding hydrogens is 316 g/mol. The van der Waals surface area contributed by atoms with Gasteiger partial charge in [-0.15, -0.1) is 6.42 Å². The van der Waals surface area contributed by atoms with E-state index in [1.54, 1.807) is 0 Å². The van der Waals surface area contributed by atoms with Gasteiger partial charge in [0.15, 0.2) is 29.3 Å². The molecule has 3 heterocycles. The second-order valence-electron chi connectivity index (χ2n) is 4.99. The number of alkyl halides is 1. The van der Waals surface area contributed by atoms with Gasteiger partial charge in [0.2, 0.25) is 5.60 Å². The van der Waals surface area contributed by atoms with Crippen molar-refractivity contribution in [2.45, 2.75) is 23.8 Å². The SMILES string of the molecule is C#C[C@]1(O)[C@H](n2cnc3c(N)nc(F)nc32)O[C@](F)(CO)[C@H]1O. The van der Waals surface area contributed by atoms with Gasteiger partial charge in [0.05, 0.1) is 6.33 Å². The third kappa shape index (κ3) is 1.97. The molecule has 11 heteroatoms. The molecule has 1 saturated heterocycles. The fourth-order valence-electron chi connectivity index (χ4n) is 2.43. The monoisotopic (exact) mass is 327 g/mol. The van der Waals surface area contributed by atoms with Crippen molar-refractivity contribution in [2.24, 2.45) is 0 Å².